The molecule has 0 spiro atoms. The molecular weight excluding hydrogens is 411 g/mol. The third-order valence-corrected chi connectivity index (χ3v) is 6.69. The van der Waals surface area contributed by atoms with Crippen molar-refractivity contribution in [1.82, 2.24) is 0 Å². The van der Waals surface area contributed by atoms with Crippen LogP contribution in [0.4, 0.5) is 11.4 Å². The first-order valence-corrected chi connectivity index (χ1v) is 10.3. The molecule has 1 fully saturated rings. The second-order valence-electron chi connectivity index (χ2n) is 6.84. The predicted octanol–water partition coefficient (Wildman–Crippen LogP) is 3.95. The number of nitrogens with one attached hydrogen (secondary N) is 1. The molecule has 0 atom stereocenters. The fraction of sp³-hybridized carbons (Fsp3) is 0.222. The van der Waals surface area contributed by atoms with E-state index >= 15 is 0 Å². The highest BCUT2D eigenvalue weighted by atomic mass is 35.5. The molecule has 2 aromatic carbocycles. The van der Waals surface area contributed by atoms with Gasteiger partial charge in [0.05, 0.1) is 27.6 Å². The average Bonchev–Trinajstić information content (AvgIpc) is 2.74. The second-order valence-corrected chi connectivity index (χ2v) is 9.50. The van der Waals surface area contributed by atoms with Crippen molar-refractivity contribution in [2.45, 2.75) is 13.8 Å². The smallest absolute Gasteiger partial charge is 0.255 e. The maximum absolute atomic E-state index is 12.5. The molecule has 3 rings (SSSR count). The Hall–Kier alpha value is -2.09. The van der Waals surface area contributed by atoms with Gasteiger partial charge in [-0.2, -0.15) is 0 Å². The first-order chi connectivity index (χ1) is 12.5. The molecule has 1 saturated heterocycles. The lowest BCUT2D eigenvalue weighted by atomic mass is 9.95. The largest absolute Gasteiger partial charge is 0.321 e. The van der Waals surface area contributed by atoms with Crippen molar-refractivity contribution < 1.29 is 18.0 Å². The SMILES string of the molecule is CC1(C)CS(=O)(=O)N(c2cccc(C(=O)Nc3cc(Cl)ccc3Cl)c2)C1=O. The van der Waals surface area contributed by atoms with Gasteiger partial charge in [-0.1, -0.05) is 29.3 Å². The van der Waals surface area contributed by atoms with Crippen LogP contribution >= 0.6 is 23.2 Å². The van der Waals surface area contributed by atoms with Crippen LogP contribution < -0.4 is 9.62 Å². The van der Waals surface area contributed by atoms with E-state index < -0.39 is 27.3 Å². The van der Waals surface area contributed by atoms with E-state index in [9.17, 15) is 18.0 Å². The standard InChI is InChI=1S/C18H16Cl2N2O4S/c1-18(2)10-27(25,26)22(17(18)24)13-5-3-4-11(8-13)16(23)21-15-9-12(19)6-7-14(15)20/h3-9H,10H2,1-2H3,(H,21,23). The number of nitrogens with zero attached hydrogens (tertiary/aromatic N) is 1. The molecule has 0 aromatic heterocycles. The quantitative estimate of drug-likeness (QED) is 0.804. The highest BCUT2D eigenvalue weighted by Gasteiger charge is 2.49. The minimum absolute atomic E-state index is 0.121. The van der Waals surface area contributed by atoms with Gasteiger partial charge in [-0.3, -0.25) is 9.59 Å². The van der Waals surface area contributed by atoms with Gasteiger partial charge in [-0.05, 0) is 50.2 Å². The molecule has 1 aliphatic rings. The number of anilines is 2. The van der Waals surface area contributed by atoms with E-state index in [2.05, 4.69) is 5.32 Å². The third kappa shape index (κ3) is 3.81. The van der Waals surface area contributed by atoms with Gasteiger partial charge in [0.15, 0.2) is 0 Å². The van der Waals surface area contributed by atoms with Crippen LogP contribution in [0.5, 0.6) is 0 Å². The van der Waals surface area contributed by atoms with Crippen LogP contribution in [0.2, 0.25) is 10.0 Å². The topological polar surface area (TPSA) is 83.6 Å². The van der Waals surface area contributed by atoms with E-state index in [4.69, 9.17) is 23.2 Å². The summed E-state index contributed by atoms with van der Waals surface area (Å²) in [6.45, 7) is 3.15. The van der Waals surface area contributed by atoms with Crippen molar-refractivity contribution in [2.75, 3.05) is 15.4 Å². The fourth-order valence-electron chi connectivity index (χ4n) is 2.82. The van der Waals surface area contributed by atoms with Gasteiger partial charge >= 0.3 is 0 Å². The minimum Gasteiger partial charge on any atom is -0.321 e. The van der Waals surface area contributed by atoms with Gasteiger partial charge < -0.3 is 5.32 Å². The van der Waals surface area contributed by atoms with E-state index in [-0.39, 0.29) is 17.0 Å². The van der Waals surface area contributed by atoms with Gasteiger partial charge in [-0.15, -0.1) is 0 Å². The summed E-state index contributed by atoms with van der Waals surface area (Å²) in [5, 5.41) is 3.34. The molecule has 142 valence electrons. The lowest BCUT2D eigenvalue weighted by Gasteiger charge is -2.18. The van der Waals surface area contributed by atoms with Gasteiger partial charge in [-0.25, -0.2) is 12.7 Å². The normalized spacial score (nSPS) is 17.8. The van der Waals surface area contributed by atoms with E-state index in [0.29, 0.717) is 15.7 Å². The molecule has 1 heterocycles. The molecule has 0 aliphatic carbocycles. The molecule has 9 heteroatoms. The number of carbonyl (C=O) groups is 2. The zero-order valence-electron chi connectivity index (χ0n) is 14.5. The zero-order chi connectivity index (χ0) is 20.0. The minimum atomic E-state index is -3.80. The van der Waals surface area contributed by atoms with E-state index in [1.54, 1.807) is 26.0 Å². The maximum Gasteiger partial charge on any atom is 0.255 e. The number of sulfonamides is 1. The predicted molar refractivity (Wildman–Crippen MR) is 106 cm³/mol. The van der Waals surface area contributed by atoms with E-state index in [1.807, 2.05) is 0 Å². The van der Waals surface area contributed by atoms with Crippen molar-refractivity contribution >= 4 is 56.4 Å². The second kappa shape index (κ2) is 6.82. The number of hydrogen-bond donors (Lipinski definition) is 1. The molecule has 6 nitrogen and oxygen atoms in total. The van der Waals surface area contributed by atoms with Crippen LogP contribution in [0.25, 0.3) is 0 Å². The lowest BCUT2D eigenvalue weighted by molar-refractivity contribution is -0.123. The summed E-state index contributed by atoms with van der Waals surface area (Å²) in [7, 11) is -3.80. The molecule has 0 bridgehead atoms. The monoisotopic (exact) mass is 426 g/mol. The molecule has 0 radical (unpaired) electrons. The first kappa shape index (κ1) is 19.7. The van der Waals surface area contributed by atoms with Crippen LogP contribution in [0, 0.1) is 5.41 Å². The Morgan fingerprint density at radius 1 is 1.15 bits per heavy atom. The van der Waals surface area contributed by atoms with Gasteiger partial charge in [0.2, 0.25) is 15.9 Å². The maximum atomic E-state index is 12.5. The number of amides is 2. The van der Waals surface area contributed by atoms with E-state index in [0.717, 1.165) is 4.31 Å². The summed E-state index contributed by atoms with van der Waals surface area (Å²) in [6.07, 6.45) is 0. The average molecular weight is 427 g/mol. The Morgan fingerprint density at radius 3 is 2.48 bits per heavy atom. The number of halogens is 2. The first-order valence-electron chi connectivity index (χ1n) is 7.95. The lowest BCUT2D eigenvalue weighted by Crippen LogP contribution is -2.33. The third-order valence-electron chi connectivity index (χ3n) is 4.10. The summed E-state index contributed by atoms with van der Waals surface area (Å²) < 4.78 is 25.6. The Kier molecular flexibility index (Phi) is 4.96. The summed E-state index contributed by atoms with van der Waals surface area (Å²) in [6, 6.07) is 10.5. The molecule has 1 N–H and O–H groups in total. The summed E-state index contributed by atoms with van der Waals surface area (Å²) in [5.41, 5.74) is -0.400. The Balaban J connectivity index is 1.93. The van der Waals surface area contributed by atoms with Crippen LogP contribution in [-0.4, -0.2) is 26.0 Å². The van der Waals surface area contributed by atoms with E-state index in [1.165, 1.54) is 30.3 Å². The highest BCUT2D eigenvalue weighted by molar-refractivity contribution is 7.94. The zero-order valence-corrected chi connectivity index (χ0v) is 16.8. The molecule has 27 heavy (non-hydrogen) atoms. The molecule has 2 amide bonds. The number of benzene rings is 2. The van der Waals surface area contributed by atoms with Crippen molar-refractivity contribution in [2.24, 2.45) is 5.41 Å². The Bertz CT molecular complexity index is 1050. The van der Waals surface area contributed by atoms with Crippen LogP contribution in [0.1, 0.15) is 24.2 Å². The summed E-state index contributed by atoms with van der Waals surface area (Å²) in [4.78, 5) is 25.1. The van der Waals surface area contributed by atoms with Gasteiger partial charge in [0.1, 0.15) is 0 Å². The molecule has 1 aliphatic heterocycles. The molecule has 2 aromatic rings. The summed E-state index contributed by atoms with van der Waals surface area (Å²) in [5.74, 6) is -1.32. The molecule has 0 unspecified atom stereocenters. The van der Waals surface area contributed by atoms with Crippen molar-refractivity contribution in [3.63, 3.8) is 0 Å². The number of carbonyl (C=O) groups excluding carboxylic acids is 2. The number of rotatable bonds is 3. The Labute approximate surface area is 167 Å². The van der Waals surface area contributed by atoms with Crippen molar-refractivity contribution in [3.8, 4) is 0 Å². The van der Waals surface area contributed by atoms with Crippen molar-refractivity contribution in [3.05, 3.63) is 58.1 Å². The number of hydrogen-bond acceptors (Lipinski definition) is 4. The fourth-order valence-corrected chi connectivity index (χ4v) is 5.26. The van der Waals surface area contributed by atoms with Crippen LogP contribution in [0.3, 0.4) is 0 Å². The molecular formula is C18H16Cl2N2O4S. The summed E-state index contributed by atoms with van der Waals surface area (Å²) >= 11 is 12.0. The molecule has 0 saturated carbocycles. The van der Waals surface area contributed by atoms with Gasteiger partial charge in [0, 0.05) is 10.6 Å². The van der Waals surface area contributed by atoms with Crippen LogP contribution in [0.15, 0.2) is 42.5 Å². The Morgan fingerprint density at radius 2 is 1.85 bits per heavy atom. The van der Waals surface area contributed by atoms with Crippen LogP contribution in [-0.2, 0) is 14.8 Å². The highest BCUT2D eigenvalue weighted by Crippen LogP contribution is 2.36. The van der Waals surface area contributed by atoms with Gasteiger partial charge in [0.25, 0.3) is 5.91 Å². The van der Waals surface area contributed by atoms with Crippen molar-refractivity contribution in [1.29, 1.82) is 0 Å².